The second kappa shape index (κ2) is 6.69. The predicted octanol–water partition coefficient (Wildman–Crippen LogP) is 3.17. The molecule has 0 saturated carbocycles. The zero-order valence-corrected chi connectivity index (χ0v) is 12.0. The van der Waals surface area contributed by atoms with Crippen molar-refractivity contribution in [3.05, 3.63) is 35.4 Å². The smallest absolute Gasteiger partial charge is 0.258 e. The topological polar surface area (TPSA) is 93.4 Å². The highest BCUT2D eigenvalue weighted by molar-refractivity contribution is 5.64. The lowest BCUT2D eigenvalue weighted by Gasteiger charge is -2.29. The predicted molar refractivity (Wildman–Crippen MR) is 77.6 cm³/mol. The number of anilines is 1. The third kappa shape index (κ3) is 3.06. The van der Waals surface area contributed by atoms with Gasteiger partial charge in [-0.25, -0.2) is 0 Å². The van der Waals surface area contributed by atoms with Gasteiger partial charge in [0.2, 0.25) is 0 Å². The fraction of sp³-hybridized carbons (Fsp3) is 0.467. The molecule has 116 valence electrons. The van der Waals surface area contributed by atoms with Crippen LogP contribution in [0.1, 0.15) is 44.3 Å². The van der Waals surface area contributed by atoms with Crippen LogP contribution in [-0.4, -0.2) is 27.1 Å². The molecule has 0 fully saturated rings. The lowest BCUT2D eigenvalue weighted by molar-refractivity contribution is 0.107. The summed E-state index contributed by atoms with van der Waals surface area (Å²) in [6.07, 6.45) is 2.81. The monoisotopic (exact) mass is 295 g/mol. The molecule has 2 rings (SSSR count). The van der Waals surface area contributed by atoms with E-state index in [1.54, 1.807) is 12.1 Å². The van der Waals surface area contributed by atoms with Gasteiger partial charge >= 0.3 is 0 Å². The minimum absolute atomic E-state index is 0.184. The van der Waals surface area contributed by atoms with Crippen LogP contribution in [0.2, 0.25) is 0 Å². The average Bonchev–Trinajstić information content (AvgIpc) is 2.50. The third-order valence-electron chi connectivity index (χ3n) is 3.49. The van der Waals surface area contributed by atoms with Crippen LogP contribution in [0, 0.1) is 0 Å². The van der Waals surface area contributed by atoms with Gasteiger partial charge in [0.15, 0.2) is 5.76 Å². The maximum absolute atomic E-state index is 10.1. The molecular weight excluding hydrogens is 274 g/mol. The number of aliphatic hydroxyl groups excluding tert-OH is 3. The fourth-order valence-electron chi connectivity index (χ4n) is 2.31. The van der Waals surface area contributed by atoms with E-state index in [0.717, 1.165) is 25.7 Å². The van der Waals surface area contributed by atoms with Crippen molar-refractivity contribution < 1.29 is 25.3 Å². The highest BCUT2D eigenvalue weighted by Crippen LogP contribution is 2.42. The summed E-state index contributed by atoms with van der Waals surface area (Å²) in [6, 6.07) is 4.82. The third-order valence-corrected chi connectivity index (χ3v) is 3.49. The zero-order chi connectivity index (χ0) is 15.4. The number of unbranched alkanes of at least 4 members (excludes halogenated alkanes) is 3. The van der Waals surface area contributed by atoms with Gasteiger partial charge in [-0.2, -0.15) is 5.06 Å². The molecule has 1 aromatic carbocycles. The van der Waals surface area contributed by atoms with Crippen LogP contribution >= 0.6 is 0 Å². The number of rotatable bonds is 6. The van der Waals surface area contributed by atoms with Gasteiger partial charge in [-0.05, 0) is 18.6 Å². The van der Waals surface area contributed by atoms with Crippen molar-refractivity contribution in [3.8, 4) is 5.75 Å². The van der Waals surface area contributed by atoms with Gasteiger partial charge in [0.25, 0.3) is 5.88 Å². The minimum Gasteiger partial charge on any atom is -0.505 e. The molecule has 0 saturated heterocycles. The molecule has 1 atom stereocenters. The molecule has 0 amide bonds. The first-order valence-electron chi connectivity index (χ1n) is 7.12. The molecule has 0 bridgehead atoms. The molecule has 0 aromatic heterocycles. The van der Waals surface area contributed by atoms with E-state index in [1.807, 2.05) is 0 Å². The van der Waals surface area contributed by atoms with E-state index >= 15 is 0 Å². The maximum atomic E-state index is 10.1. The quantitative estimate of drug-likeness (QED) is 0.602. The Morgan fingerprint density at radius 2 is 1.95 bits per heavy atom. The van der Waals surface area contributed by atoms with Crippen LogP contribution in [0.25, 0.3) is 0 Å². The number of benzene rings is 1. The van der Waals surface area contributed by atoms with Crippen LogP contribution in [-0.2, 0) is 0 Å². The molecule has 0 aliphatic carbocycles. The summed E-state index contributed by atoms with van der Waals surface area (Å²) in [6.45, 7) is 2.62. The van der Waals surface area contributed by atoms with Gasteiger partial charge in [-0.1, -0.05) is 32.3 Å². The van der Waals surface area contributed by atoms with Crippen molar-refractivity contribution in [1.82, 2.24) is 0 Å². The zero-order valence-electron chi connectivity index (χ0n) is 12.0. The molecule has 6 nitrogen and oxygen atoms in total. The number of ether oxygens (including phenoxy) is 1. The van der Waals surface area contributed by atoms with Gasteiger partial charge in [0.05, 0.1) is 17.9 Å². The number of hydroxylamine groups is 1. The van der Waals surface area contributed by atoms with Gasteiger partial charge in [0.1, 0.15) is 11.9 Å². The van der Waals surface area contributed by atoms with Gasteiger partial charge in [-0.3, -0.25) is 5.21 Å². The van der Waals surface area contributed by atoms with Crippen molar-refractivity contribution >= 4 is 5.69 Å². The number of fused-ring (bicyclic) bond motifs is 1. The SMILES string of the molecule is CCCCCCOc1cccc2c1C(O)C(O)=C(O)N2O. The summed E-state index contributed by atoms with van der Waals surface area (Å²) in [7, 11) is 0. The van der Waals surface area contributed by atoms with Crippen molar-refractivity contribution in [2.45, 2.75) is 38.7 Å². The first kappa shape index (κ1) is 15.5. The Morgan fingerprint density at radius 3 is 2.67 bits per heavy atom. The first-order chi connectivity index (χ1) is 10.1. The van der Waals surface area contributed by atoms with Crippen LogP contribution in [0.3, 0.4) is 0 Å². The molecule has 1 aromatic rings. The summed E-state index contributed by atoms with van der Waals surface area (Å²) >= 11 is 0. The van der Waals surface area contributed by atoms with E-state index in [9.17, 15) is 20.5 Å². The Morgan fingerprint density at radius 1 is 1.19 bits per heavy atom. The largest absolute Gasteiger partial charge is 0.505 e. The molecule has 4 N–H and O–H groups in total. The highest BCUT2D eigenvalue weighted by atomic mass is 16.5. The molecule has 0 radical (unpaired) electrons. The van der Waals surface area contributed by atoms with Crippen LogP contribution in [0.15, 0.2) is 29.8 Å². The summed E-state index contributed by atoms with van der Waals surface area (Å²) in [5, 5.41) is 39.5. The van der Waals surface area contributed by atoms with E-state index in [-0.39, 0.29) is 11.3 Å². The average molecular weight is 295 g/mol. The van der Waals surface area contributed by atoms with Crippen molar-refractivity contribution in [3.63, 3.8) is 0 Å². The van der Waals surface area contributed by atoms with Crippen LogP contribution in [0.5, 0.6) is 5.75 Å². The molecule has 1 aliphatic heterocycles. The summed E-state index contributed by atoms with van der Waals surface area (Å²) in [5.74, 6) is -1.10. The van der Waals surface area contributed by atoms with E-state index in [2.05, 4.69) is 6.92 Å². The second-order valence-electron chi connectivity index (χ2n) is 5.02. The van der Waals surface area contributed by atoms with E-state index in [4.69, 9.17) is 4.74 Å². The first-order valence-corrected chi connectivity index (χ1v) is 7.12. The Balaban J connectivity index is 2.17. The minimum atomic E-state index is -1.42. The Hall–Kier alpha value is -1.92. The Bertz CT molecular complexity index is 529. The number of nitrogens with zero attached hydrogens (tertiary/aromatic N) is 1. The molecule has 21 heavy (non-hydrogen) atoms. The van der Waals surface area contributed by atoms with E-state index in [0.29, 0.717) is 17.4 Å². The van der Waals surface area contributed by atoms with E-state index in [1.165, 1.54) is 6.07 Å². The van der Waals surface area contributed by atoms with Crippen LogP contribution < -0.4 is 9.80 Å². The van der Waals surface area contributed by atoms with Crippen molar-refractivity contribution in [2.24, 2.45) is 0 Å². The molecule has 1 heterocycles. The maximum Gasteiger partial charge on any atom is 0.258 e. The van der Waals surface area contributed by atoms with Crippen molar-refractivity contribution in [2.75, 3.05) is 11.7 Å². The lowest BCUT2D eigenvalue weighted by atomic mass is 10.0. The normalized spacial score (nSPS) is 17.9. The summed E-state index contributed by atoms with van der Waals surface area (Å²) in [5.41, 5.74) is 0.426. The Kier molecular flexibility index (Phi) is 4.93. The highest BCUT2D eigenvalue weighted by Gasteiger charge is 2.34. The molecular formula is C15H21NO5. The fourth-order valence-corrected chi connectivity index (χ4v) is 2.31. The van der Waals surface area contributed by atoms with Crippen LogP contribution in [0.4, 0.5) is 5.69 Å². The van der Waals surface area contributed by atoms with E-state index < -0.39 is 17.7 Å². The van der Waals surface area contributed by atoms with Gasteiger partial charge < -0.3 is 20.1 Å². The molecule has 1 aliphatic rings. The second-order valence-corrected chi connectivity index (χ2v) is 5.02. The number of hydrogen-bond acceptors (Lipinski definition) is 6. The number of aliphatic hydroxyl groups is 3. The number of hydrogen-bond donors (Lipinski definition) is 4. The van der Waals surface area contributed by atoms with Crippen molar-refractivity contribution in [1.29, 1.82) is 0 Å². The Labute approximate surface area is 123 Å². The van der Waals surface area contributed by atoms with Gasteiger partial charge in [-0.15, -0.1) is 0 Å². The molecule has 6 heteroatoms. The summed E-state index contributed by atoms with van der Waals surface area (Å²) in [4.78, 5) is 0. The molecule has 0 spiro atoms. The standard InChI is InChI=1S/C15H21NO5/c1-2-3-4-5-9-21-11-8-6-7-10-12(11)13(17)14(18)15(19)16(10)20/h6-8,13,17-20H,2-5,9H2,1H3. The van der Waals surface area contributed by atoms with Gasteiger partial charge in [0, 0.05) is 0 Å². The molecule has 1 unspecified atom stereocenters. The lowest BCUT2D eigenvalue weighted by Crippen LogP contribution is -2.27. The summed E-state index contributed by atoms with van der Waals surface area (Å²) < 4.78 is 5.64.